The summed E-state index contributed by atoms with van der Waals surface area (Å²) < 4.78 is 0. The van der Waals surface area contributed by atoms with Crippen LogP contribution in [0.15, 0.2) is 30.3 Å². The van der Waals surface area contributed by atoms with Crippen LogP contribution in [0.2, 0.25) is 0 Å². The van der Waals surface area contributed by atoms with Gasteiger partial charge in [0.15, 0.2) is 0 Å². The number of carboxylic acids is 1. The van der Waals surface area contributed by atoms with Crippen LogP contribution in [0.4, 0.5) is 0 Å². The molecule has 2 aliphatic heterocycles. The van der Waals surface area contributed by atoms with Crippen molar-refractivity contribution in [2.45, 2.75) is 44.6 Å². The molecule has 0 bridgehead atoms. The molecule has 0 spiro atoms. The van der Waals surface area contributed by atoms with Gasteiger partial charge in [0.25, 0.3) is 0 Å². The zero-order valence-corrected chi connectivity index (χ0v) is 15.8. The summed E-state index contributed by atoms with van der Waals surface area (Å²) in [6, 6.07) is 9.53. The molecule has 3 atom stereocenters. The number of carboxylic acid groups (broad SMARTS) is 1. The summed E-state index contributed by atoms with van der Waals surface area (Å²) >= 11 is 0. The molecule has 1 aromatic carbocycles. The van der Waals surface area contributed by atoms with Crippen molar-refractivity contribution in [2.24, 2.45) is 11.8 Å². The number of hydrogen-bond donors (Lipinski definition) is 1. The molecule has 2 aliphatic rings. The molecule has 3 rings (SSSR count). The highest BCUT2D eigenvalue weighted by molar-refractivity contribution is 5.85. The SMILES string of the molecule is CN1C(=O)CCC(C(=O)N2CCCC(CCC(=O)O)C2)C1c1ccccc1. The monoisotopic (exact) mass is 372 g/mol. The van der Waals surface area contributed by atoms with Crippen LogP contribution >= 0.6 is 0 Å². The van der Waals surface area contributed by atoms with Gasteiger partial charge in [-0.25, -0.2) is 0 Å². The van der Waals surface area contributed by atoms with Gasteiger partial charge >= 0.3 is 5.97 Å². The summed E-state index contributed by atoms with van der Waals surface area (Å²) in [5, 5.41) is 8.92. The third kappa shape index (κ3) is 4.49. The third-order valence-corrected chi connectivity index (χ3v) is 5.92. The van der Waals surface area contributed by atoms with E-state index < -0.39 is 5.97 Å². The second-order valence-corrected chi connectivity index (χ2v) is 7.73. The summed E-state index contributed by atoms with van der Waals surface area (Å²) in [6.07, 6.45) is 3.62. The molecule has 0 aliphatic carbocycles. The Balaban J connectivity index is 1.75. The maximum absolute atomic E-state index is 13.3. The van der Waals surface area contributed by atoms with Crippen LogP contribution in [0.3, 0.4) is 0 Å². The average molecular weight is 372 g/mol. The lowest BCUT2D eigenvalue weighted by molar-refractivity contribution is -0.147. The molecule has 2 saturated heterocycles. The molecule has 2 fully saturated rings. The number of aliphatic carboxylic acids is 1. The maximum atomic E-state index is 13.3. The zero-order valence-electron chi connectivity index (χ0n) is 15.8. The first kappa shape index (κ1) is 19.4. The summed E-state index contributed by atoms with van der Waals surface area (Å²) in [4.78, 5) is 40.1. The standard InChI is InChI=1S/C21H28N2O4/c1-22-18(24)11-10-17(20(22)16-7-3-2-4-8-16)21(27)23-13-5-6-15(14-23)9-12-19(25)26/h2-4,7-8,15,17,20H,5-6,9-14H2,1H3,(H,25,26). The zero-order chi connectivity index (χ0) is 19.4. The summed E-state index contributed by atoms with van der Waals surface area (Å²) in [5.74, 6) is -0.602. The Hall–Kier alpha value is -2.37. The Labute approximate surface area is 160 Å². The van der Waals surface area contributed by atoms with E-state index in [2.05, 4.69) is 0 Å². The Morgan fingerprint density at radius 2 is 1.93 bits per heavy atom. The van der Waals surface area contributed by atoms with E-state index in [-0.39, 0.29) is 36.1 Å². The third-order valence-electron chi connectivity index (χ3n) is 5.92. The molecule has 3 unspecified atom stereocenters. The lowest BCUT2D eigenvalue weighted by atomic mass is 9.82. The van der Waals surface area contributed by atoms with Crippen LogP contribution in [0.5, 0.6) is 0 Å². The van der Waals surface area contributed by atoms with E-state index in [4.69, 9.17) is 5.11 Å². The lowest BCUT2D eigenvalue weighted by Crippen LogP contribution is -2.49. The first-order valence-corrected chi connectivity index (χ1v) is 9.78. The molecule has 2 heterocycles. The fourth-order valence-electron chi connectivity index (χ4n) is 4.47. The minimum Gasteiger partial charge on any atom is -0.481 e. The summed E-state index contributed by atoms with van der Waals surface area (Å²) in [7, 11) is 1.78. The number of benzene rings is 1. The highest BCUT2D eigenvalue weighted by Gasteiger charge is 2.41. The van der Waals surface area contributed by atoms with Crippen molar-refractivity contribution >= 4 is 17.8 Å². The van der Waals surface area contributed by atoms with Crippen molar-refractivity contribution in [3.63, 3.8) is 0 Å². The van der Waals surface area contributed by atoms with Crippen LogP contribution in [-0.4, -0.2) is 52.8 Å². The molecule has 1 aromatic rings. The quantitative estimate of drug-likeness (QED) is 0.862. The predicted molar refractivity (Wildman–Crippen MR) is 101 cm³/mol. The number of piperidine rings is 2. The van der Waals surface area contributed by atoms with Crippen LogP contribution in [0.1, 0.15) is 50.1 Å². The number of carbonyl (C=O) groups is 3. The topological polar surface area (TPSA) is 77.9 Å². The number of nitrogens with zero attached hydrogens (tertiary/aromatic N) is 2. The van der Waals surface area contributed by atoms with Crippen molar-refractivity contribution < 1.29 is 19.5 Å². The van der Waals surface area contributed by atoms with Gasteiger partial charge < -0.3 is 14.9 Å². The van der Waals surface area contributed by atoms with E-state index in [0.29, 0.717) is 25.8 Å². The van der Waals surface area contributed by atoms with Crippen molar-refractivity contribution in [3.05, 3.63) is 35.9 Å². The van der Waals surface area contributed by atoms with Gasteiger partial charge in [0.2, 0.25) is 11.8 Å². The molecular weight excluding hydrogens is 344 g/mol. The Morgan fingerprint density at radius 1 is 1.19 bits per heavy atom. The smallest absolute Gasteiger partial charge is 0.303 e. The van der Waals surface area contributed by atoms with Crippen molar-refractivity contribution in [3.8, 4) is 0 Å². The maximum Gasteiger partial charge on any atom is 0.303 e. The van der Waals surface area contributed by atoms with E-state index in [1.54, 1.807) is 11.9 Å². The molecule has 27 heavy (non-hydrogen) atoms. The van der Waals surface area contributed by atoms with Crippen LogP contribution < -0.4 is 0 Å². The minimum absolute atomic E-state index is 0.0749. The fourth-order valence-corrected chi connectivity index (χ4v) is 4.47. The van der Waals surface area contributed by atoms with Crippen LogP contribution in [-0.2, 0) is 14.4 Å². The van der Waals surface area contributed by atoms with Gasteiger partial charge in [-0.2, -0.15) is 0 Å². The van der Waals surface area contributed by atoms with Gasteiger partial charge in [-0.1, -0.05) is 30.3 Å². The Bertz CT molecular complexity index is 691. The molecule has 2 amide bonds. The highest BCUT2D eigenvalue weighted by atomic mass is 16.4. The molecule has 0 saturated carbocycles. The van der Waals surface area contributed by atoms with Crippen LogP contribution in [0.25, 0.3) is 0 Å². The van der Waals surface area contributed by atoms with Gasteiger partial charge in [-0.05, 0) is 37.2 Å². The van der Waals surface area contributed by atoms with Gasteiger partial charge in [-0.3, -0.25) is 14.4 Å². The first-order valence-electron chi connectivity index (χ1n) is 9.78. The molecule has 6 heteroatoms. The van der Waals surface area contributed by atoms with Crippen molar-refractivity contribution in [1.29, 1.82) is 0 Å². The van der Waals surface area contributed by atoms with Gasteiger partial charge in [0.05, 0.1) is 12.0 Å². The molecule has 1 N–H and O–H groups in total. The molecule has 0 radical (unpaired) electrons. The summed E-state index contributed by atoms with van der Waals surface area (Å²) in [5.41, 5.74) is 0.992. The van der Waals surface area contributed by atoms with E-state index in [9.17, 15) is 14.4 Å². The highest BCUT2D eigenvalue weighted by Crippen LogP contribution is 2.37. The van der Waals surface area contributed by atoms with Gasteiger partial charge in [0.1, 0.15) is 0 Å². The molecule has 146 valence electrons. The normalized spacial score (nSPS) is 26.1. The average Bonchev–Trinajstić information content (AvgIpc) is 2.68. The van der Waals surface area contributed by atoms with E-state index in [0.717, 1.165) is 24.9 Å². The van der Waals surface area contributed by atoms with Crippen molar-refractivity contribution in [1.82, 2.24) is 9.80 Å². The summed E-state index contributed by atoms with van der Waals surface area (Å²) in [6.45, 7) is 1.35. The van der Waals surface area contributed by atoms with Crippen LogP contribution in [0, 0.1) is 11.8 Å². The van der Waals surface area contributed by atoms with Gasteiger partial charge in [-0.15, -0.1) is 0 Å². The molecule has 6 nitrogen and oxygen atoms in total. The second-order valence-electron chi connectivity index (χ2n) is 7.73. The second kappa shape index (κ2) is 8.55. The van der Waals surface area contributed by atoms with E-state index >= 15 is 0 Å². The number of carbonyl (C=O) groups excluding carboxylic acids is 2. The predicted octanol–water partition coefficient (Wildman–Crippen LogP) is 2.70. The fraction of sp³-hybridized carbons (Fsp3) is 0.571. The van der Waals surface area contributed by atoms with E-state index in [1.807, 2.05) is 35.2 Å². The Morgan fingerprint density at radius 3 is 2.63 bits per heavy atom. The first-order chi connectivity index (χ1) is 13.0. The number of likely N-dealkylation sites (tertiary alicyclic amines) is 2. The van der Waals surface area contributed by atoms with Gasteiger partial charge in [0, 0.05) is 33.0 Å². The largest absolute Gasteiger partial charge is 0.481 e. The number of hydrogen-bond acceptors (Lipinski definition) is 3. The van der Waals surface area contributed by atoms with Crippen molar-refractivity contribution in [2.75, 3.05) is 20.1 Å². The minimum atomic E-state index is -0.782. The van der Waals surface area contributed by atoms with E-state index in [1.165, 1.54) is 0 Å². The number of amides is 2. The molecular formula is C21H28N2O4. The Kier molecular flexibility index (Phi) is 6.14. The molecule has 0 aromatic heterocycles. The number of rotatable bonds is 5. The lowest BCUT2D eigenvalue weighted by Gasteiger charge is -2.42.